The fourth-order valence-electron chi connectivity index (χ4n) is 2.22. The van der Waals surface area contributed by atoms with Crippen LogP contribution >= 0.6 is 23.8 Å². The van der Waals surface area contributed by atoms with Crippen LogP contribution in [0.5, 0.6) is 11.5 Å². The Morgan fingerprint density at radius 3 is 2.96 bits per heavy atom. The third kappa shape index (κ3) is 3.89. The van der Waals surface area contributed by atoms with Gasteiger partial charge in [0.2, 0.25) is 4.77 Å². The van der Waals surface area contributed by atoms with E-state index in [2.05, 4.69) is 15.3 Å². The van der Waals surface area contributed by atoms with Crippen molar-refractivity contribution in [3.63, 3.8) is 0 Å². The van der Waals surface area contributed by atoms with E-state index in [9.17, 15) is 5.11 Å². The van der Waals surface area contributed by atoms with Gasteiger partial charge in [0.05, 0.1) is 12.8 Å². The molecule has 1 aromatic heterocycles. The van der Waals surface area contributed by atoms with Gasteiger partial charge in [-0.1, -0.05) is 23.7 Å². The summed E-state index contributed by atoms with van der Waals surface area (Å²) in [6.45, 7) is 2.31. The van der Waals surface area contributed by atoms with Gasteiger partial charge in [-0.3, -0.25) is 0 Å². The Kier molecular flexibility index (Phi) is 5.16. The van der Waals surface area contributed by atoms with E-state index in [4.69, 9.17) is 28.6 Å². The molecule has 0 aliphatic carbocycles. The molecule has 0 amide bonds. The normalized spacial score (nSPS) is 11.1. The summed E-state index contributed by atoms with van der Waals surface area (Å²) in [7, 11) is 0. The largest absolute Gasteiger partial charge is 0.504 e. The number of rotatable bonds is 5. The fraction of sp³-hybridized carbons (Fsp3) is 0.118. The van der Waals surface area contributed by atoms with E-state index in [1.165, 1.54) is 4.68 Å². The summed E-state index contributed by atoms with van der Waals surface area (Å²) < 4.78 is 7.24. The van der Waals surface area contributed by atoms with E-state index in [0.29, 0.717) is 28.0 Å². The average Bonchev–Trinajstić information content (AvgIpc) is 2.96. The molecule has 1 heterocycles. The molecule has 0 bridgehead atoms. The van der Waals surface area contributed by atoms with Crippen LogP contribution in [0.2, 0.25) is 5.02 Å². The number of hydrogen-bond donors (Lipinski definition) is 2. The van der Waals surface area contributed by atoms with Crippen LogP contribution in [0.25, 0.3) is 11.4 Å². The highest BCUT2D eigenvalue weighted by Crippen LogP contribution is 2.26. The number of aromatic amines is 1. The van der Waals surface area contributed by atoms with Gasteiger partial charge in [-0.15, -0.1) is 0 Å². The van der Waals surface area contributed by atoms with Gasteiger partial charge in [-0.05, 0) is 55.0 Å². The number of aromatic hydroxyl groups is 1. The van der Waals surface area contributed by atoms with Gasteiger partial charge in [0.25, 0.3) is 0 Å². The zero-order valence-corrected chi connectivity index (χ0v) is 14.9. The Morgan fingerprint density at radius 2 is 2.20 bits per heavy atom. The molecule has 0 aliphatic rings. The summed E-state index contributed by atoms with van der Waals surface area (Å²) in [5, 5.41) is 21.7. The van der Waals surface area contributed by atoms with Crippen molar-refractivity contribution < 1.29 is 9.84 Å². The molecular formula is C17H15ClN4O2S. The highest BCUT2D eigenvalue weighted by atomic mass is 35.5. The van der Waals surface area contributed by atoms with E-state index >= 15 is 0 Å². The first-order valence-electron chi connectivity index (χ1n) is 7.52. The summed E-state index contributed by atoms with van der Waals surface area (Å²) in [6, 6.07) is 12.3. The summed E-state index contributed by atoms with van der Waals surface area (Å²) in [5.41, 5.74) is 1.54. The Bertz CT molecular complexity index is 981. The molecule has 128 valence electrons. The molecule has 0 aliphatic heterocycles. The van der Waals surface area contributed by atoms with Crippen LogP contribution in [0.1, 0.15) is 12.5 Å². The molecule has 25 heavy (non-hydrogen) atoms. The van der Waals surface area contributed by atoms with Crippen molar-refractivity contribution >= 4 is 30.0 Å². The van der Waals surface area contributed by atoms with Crippen molar-refractivity contribution in [2.45, 2.75) is 6.92 Å². The zero-order valence-electron chi connectivity index (χ0n) is 13.3. The topological polar surface area (TPSA) is 75.4 Å². The van der Waals surface area contributed by atoms with Gasteiger partial charge >= 0.3 is 0 Å². The van der Waals surface area contributed by atoms with Gasteiger partial charge in [-0.2, -0.15) is 14.9 Å². The molecule has 0 radical (unpaired) electrons. The van der Waals surface area contributed by atoms with E-state index in [-0.39, 0.29) is 5.75 Å². The van der Waals surface area contributed by atoms with Crippen LogP contribution in [-0.2, 0) is 0 Å². The predicted molar refractivity (Wildman–Crippen MR) is 100 cm³/mol. The highest BCUT2D eigenvalue weighted by molar-refractivity contribution is 7.71. The van der Waals surface area contributed by atoms with Crippen molar-refractivity contribution in [3.05, 3.63) is 57.8 Å². The van der Waals surface area contributed by atoms with Crippen molar-refractivity contribution in [3.8, 4) is 22.9 Å². The molecule has 2 N–H and O–H groups in total. The second kappa shape index (κ2) is 7.50. The first-order chi connectivity index (χ1) is 12.1. The lowest BCUT2D eigenvalue weighted by Crippen LogP contribution is -1.96. The molecule has 0 fully saturated rings. The van der Waals surface area contributed by atoms with Gasteiger partial charge in [-0.25, -0.2) is 5.10 Å². The first kappa shape index (κ1) is 17.2. The Labute approximate surface area is 154 Å². The minimum Gasteiger partial charge on any atom is -0.504 e. The monoisotopic (exact) mass is 374 g/mol. The van der Waals surface area contributed by atoms with Gasteiger partial charge in [0.1, 0.15) is 0 Å². The number of benzene rings is 2. The van der Waals surface area contributed by atoms with E-state index in [0.717, 1.165) is 11.1 Å². The molecule has 0 atom stereocenters. The number of phenolic OH excluding ortho intramolecular Hbond substituents is 1. The number of H-pyrrole nitrogens is 1. The van der Waals surface area contributed by atoms with Crippen LogP contribution in [-0.4, -0.2) is 32.8 Å². The maximum absolute atomic E-state index is 9.76. The third-order valence-corrected chi connectivity index (χ3v) is 3.84. The van der Waals surface area contributed by atoms with Crippen LogP contribution in [0.4, 0.5) is 0 Å². The second-order valence-corrected chi connectivity index (χ2v) is 5.90. The van der Waals surface area contributed by atoms with Crippen molar-refractivity contribution in [2.24, 2.45) is 5.10 Å². The van der Waals surface area contributed by atoms with Crippen molar-refractivity contribution in [2.75, 3.05) is 6.61 Å². The van der Waals surface area contributed by atoms with Crippen molar-refractivity contribution in [1.29, 1.82) is 0 Å². The Morgan fingerprint density at radius 1 is 1.36 bits per heavy atom. The highest BCUT2D eigenvalue weighted by Gasteiger charge is 2.09. The van der Waals surface area contributed by atoms with Crippen molar-refractivity contribution in [1.82, 2.24) is 14.9 Å². The lowest BCUT2D eigenvalue weighted by Gasteiger charge is -2.06. The maximum Gasteiger partial charge on any atom is 0.216 e. The van der Waals surface area contributed by atoms with Crippen LogP contribution in [0.15, 0.2) is 47.6 Å². The van der Waals surface area contributed by atoms with Gasteiger partial charge < -0.3 is 9.84 Å². The number of nitrogens with one attached hydrogen (secondary N) is 1. The molecule has 0 saturated heterocycles. The number of hydrogen-bond acceptors (Lipinski definition) is 5. The summed E-state index contributed by atoms with van der Waals surface area (Å²) in [5.74, 6) is 1.03. The third-order valence-electron chi connectivity index (χ3n) is 3.34. The van der Waals surface area contributed by atoms with Crippen LogP contribution in [0, 0.1) is 4.77 Å². The average molecular weight is 375 g/mol. The quantitative estimate of drug-likeness (QED) is 0.517. The predicted octanol–water partition coefficient (Wildman–Crippen LogP) is 4.25. The SMILES string of the molecule is CCOc1cc(/C=N/n2c(-c3cccc(Cl)c3)n[nH]c2=S)ccc1O. The summed E-state index contributed by atoms with van der Waals surface area (Å²) >= 11 is 11.3. The lowest BCUT2D eigenvalue weighted by molar-refractivity contribution is 0.318. The van der Waals surface area contributed by atoms with Crippen LogP contribution < -0.4 is 4.74 Å². The molecule has 6 nitrogen and oxygen atoms in total. The number of nitrogens with zero attached hydrogens (tertiary/aromatic N) is 3. The molecule has 0 unspecified atom stereocenters. The first-order valence-corrected chi connectivity index (χ1v) is 8.30. The summed E-state index contributed by atoms with van der Waals surface area (Å²) in [4.78, 5) is 0. The van der Waals surface area contributed by atoms with Gasteiger partial charge in [0, 0.05) is 10.6 Å². The molecule has 0 saturated carbocycles. The standard InChI is InChI=1S/C17H15ClN4O2S/c1-2-24-15-8-11(6-7-14(15)23)10-19-22-16(20-21-17(22)25)12-4-3-5-13(18)9-12/h3-10,23H,2H2,1H3,(H,21,25)/b19-10+. The van der Waals surface area contributed by atoms with E-state index in [1.54, 1.807) is 36.5 Å². The molecule has 0 spiro atoms. The lowest BCUT2D eigenvalue weighted by atomic mass is 10.2. The molecule has 2 aromatic carbocycles. The zero-order chi connectivity index (χ0) is 17.8. The molecular weight excluding hydrogens is 360 g/mol. The molecule has 8 heteroatoms. The Balaban J connectivity index is 1.96. The maximum atomic E-state index is 9.76. The Hall–Kier alpha value is -2.64. The van der Waals surface area contributed by atoms with Crippen LogP contribution in [0.3, 0.4) is 0 Å². The minimum absolute atomic E-state index is 0.0820. The number of ether oxygens (including phenoxy) is 1. The second-order valence-electron chi connectivity index (χ2n) is 5.08. The minimum atomic E-state index is 0.0820. The van der Waals surface area contributed by atoms with E-state index in [1.807, 2.05) is 19.1 Å². The molecule has 3 aromatic rings. The van der Waals surface area contributed by atoms with Gasteiger partial charge in [0.15, 0.2) is 17.3 Å². The smallest absolute Gasteiger partial charge is 0.216 e. The fourth-order valence-corrected chi connectivity index (χ4v) is 2.59. The summed E-state index contributed by atoms with van der Waals surface area (Å²) in [6.07, 6.45) is 1.61. The number of halogens is 1. The number of aromatic nitrogens is 3. The van der Waals surface area contributed by atoms with E-state index < -0.39 is 0 Å². The molecule has 3 rings (SSSR count). The number of phenols is 1.